The Morgan fingerprint density at radius 3 is 2.29 bits per heavy atom. The fourth-order valence-corrected chi connectivity index (χ4v) is 3.55. The van der Waals surface area contributed by atoms with Gasteiger partial charge in [-0.15, -0.1) is 12.4 Å². The zero-order valence-electron chi connectivity index (χ0n) is 15.8. The molecule has 0 spiro atoms. The highest BCUT2D eigenvalue weighted by atomic mass is 35.5. The van der Waals surface area contributed by atoms with E-state index < -0.39 is 5.54 Å². The van der Waals surface area contributed by atoms with Crippen LogP contribution in [0.3, 0.4) is 0 Å². The van der Waals surface area contributed by atoms with E-state index in [1.807, 2.05) is 30.3 Å². The Balaban J connectivity index is 0.00000280. The highest BCUT2D eigenvalue weighted by Crippen LogP contribution is 2.22. The van der Waals surface area contributed by atoms with Gasteiger partial charge in [-0.25, -0.2) is 0 Å². The predicted molar refractivity (Wildman–Crippen MR) is 114 cm³/mol. The van der Waals surface area contributed by atoms with Crippen molar-refractivity contribution < 1.29 is 9.59 Å². The van der Waals surface area contributed by atoms with E-state index in [2.05, 4.69) is 0 Å². The van der Waals surface area contributed by atoms with Crippen molar-refractivity contribution in [3.8, 4) is 0 Å². The van der Waals surface area contributed by atoms with Crippen LogP contribution < -0.4 is 5.73 Å². The number of rotatable bonds is 3. The van der Waals surface area contributed by atoms with E-state index in [1.165, 1.54) is 0 Å². The summed E-state index contributed by atoms with van der Waals surface area (Å²) in [7, 11) is 0. The average Bonchev–Trinajstić information content (AvgIpc) is 2.93. The summed E-state index contributed by atoms with van der Waals surface area (Å²) in [6.07, 6.45) is 0.711. The van der Waals surface area contributed by atoms with Gasteiger partial charge in [0.25, 0.3) is 5.91 Å². The van der Waals surface area contributed by atoms with Crippen molar-refractivity contribution in [3.63, 3.8) is 0 Å². The number of benzene rings is 2. The molecule has 0 saturated carbocycles. The zero-order chi connectivity index (χ0) is 19.4. The first-order valence-corrected chi connectivity index (χ1v) is 9.46. The Morgan fingerprint density at radius 2 is 1.61 bits per heavy atom. The normalized spacial score (nSPS) is 16.5. The summed E-state index contributed by atoms with van der Waals surface area (Å²) in [5.74, 6) is -0.184. The molecule has 3 rings (SSSR count). The molecule has 1 fully saturated rings. The smallest absolute Gasteiger partial charge is 0.253 e. The quantitative estimate of drug-likeness (QED) is 0.826. The maximum absolute atomic E-state index is 13.0. The van der Waals surface area contributed by atoms with Crippen molar-refractivity contribution in [2.45, 2.75) is 18.9 Å². The van der Waals surface area contributed by atoms with Crippen LogP contribution in [0.15, 0.2) is 54.6 Å². The van der Waals surface area contributed by atoms with E-state index in [0.717, 1.165) is 5.56 Å². The number of carbonyl (C=O) groups is 2. The molecule has 0 bridgehead atoms. The summed E-state index contributed by atoms with van der Waals surface area (Å²) in [6.45, 7) is 3.86. The minimum Gasteiger partial charge on any atom is -0.339 e. The van der Waals surface area contributed by atoms with Crippen molar-refractivity contribution in [1.29, 1.82) is 0 Å². The van der Waals surface area contributed by atoms with Gasteiger partial charge in [-0.1, -0.05) is 48.0 Å². The third kappa shape index (κ3) is 4.85. The van der Waals surface area contributed by atoms with Gasteiger partial charge in [-0.2, -0.15) is 0 Å². The zero-order valence-corrected chi connectivity index (χ0v) is 17.4. The summed E-state index contributed by atoms with van der Waals surface area (Å²) < 4.78 is 0. The van der Waals surface area contributed by atoms with Crippen molar-refractivity contribution in [1.82, 2.24) is 9.80 Å². The van der Waals surface area contributed by atoms with Gasteiger partial charge in [0, 0.05) is 36.8 Å². The summed E-state index contributed by atoms with van der Waals surface area (Å²) in [4.78, 5) is 29.3. The maximum atomic E-state index is 13.0. The van der Waals surface area contributed by atoms with Crippen molar-refractivity contribution in [2.75, 3.05) is 26.2 Å². The molecule has 5 nitrogen and oxygen atoms in total. The largest absolute Gasteiger partial charge is 0.339 e. The lowest BCUT2D eigenvalue weighted by Gasteiger charge is -2.31. The molecule has 1 aliphatic heterocycles. The van der Waals surface area contributed by atoms with E-state index in [1.54, 1.807) is 41.0 Å². The first-order chi connectivity index (χ1) is 12.9. The maximum Gasteiger partial charge on any atom is 0.253 e. The number of nitrogens with two attached hydrogens (primary N) is 1. The van der Waals surface area contributed by atoms with Crippen LogP contribution in [0.25, 0.3) is 0 Å². The molecule has 1 aliphatic rings. The van der Waals surface area contributed by atoms with Crippen LogP contribution in [0.5, 0.6) is 0 Å². The molecule has 0 aromatic heterocycles. The molecule has 1 unspecified atom stereocenters. The van der Waals surface area contributed by atoms with Gasteiger partial charge in [-0.05, 0) is 37.1 Å². The number of halogens is 2. The van der Waals surface area contributed by atoms with Crippen LogP contribution in [-0.4, -0.2) is 47.8 Å². The van der Waals surface area contributed by atoms with Crippen LogP contribution in [0, 0.1) is 0 Å². The molecule has 1 saturated heterocycles. The van der Waals surface area contributed by atoms with E-state index >= 15 is 0 Å². The van der Waals surface area contributed by atoms with Gasteiger partial charge < -0.3 is 15.5 Å². The molecule has 150 valence electrons. The Labute approximate surface area is 176 Å². The lowest BCUT2D eigenvalue weighted by molar-refractivity contribution is -0.136. The Hall–Kier alpha value is -2.08. The highest BCUT2D eigenvalue weighted by molar-refractivity contribution is 6.30. The molecule has 2 aromatic rings. The molecule has 7 heteroatoms. The molecular weight excluding hydrogens is 397 g/mol. The Morgan fingerprint density at radius 1 is 0.964 bits per heavy atom. The van der Waals surface area contributed by atoms with Gasteiger partial charge >= 0.3 is 0 Å². The van der Waals surface area contributed by atoms with Crippen molar-refractivity contribution in [2.24, 2.45) is 5.73 Å². The molecule has 2 aromatic carbocycles. The first kappa shape index (κ1) is 22.2. The fraction of sp³-hybridized carbons (Fsp3) is 0.333. The fourth-order valence-electron chi connectivity index (χ4n) is 3.36. The lowest BCUT2D eigenvalue weighted by Crippen LogP contribution is -2.51. The highest BCUT2D eigenvalue weighted by Gasteiger charge is 2.35. The molecule has 1 atom stereocenters. The van der Waals surface area contributed by atoms with Crippen LogP contribution >= 0.6 is 24.0 Å². The average molecular weight is 422 g/mol. The second kappa shape index (κ2) is 9.41. The molecular formula is C21H25Cl2N3O2. The molecule has 28 heavy (non-hydrogen) atoms. The van der Waals surface area contributed by atoms with Gasteiger partial charge in [0.2, 0.25) is 5.91 Å². The standard InChI is InChI=1S/C21H24ClN3O2.ClH/c1-21(23,17-8-3-2-4-9-17)20(27)25-12-6-11-24(13-14-25)19(26)16-7-5-10-18(22)15-16;/h2-5,7-10,15H,6,11-14,23H2,1H3;1H. The molecule has 0 aliphatic carbocycles. The van der Waals surface area contributed by atoms with E-state index in [4.69, 9.17) is 17.3 Å². The topological polar surface area (TPSA) is 66.6 Å². The van der Waals surface area contributed by atoms with Crippen molar-refractivity contribution >= 4 is 35.8 Å². The van der Waals surface area contributed by atoms with E-state index in [0.29, 0.717) is 43.2 Å². The van der Waals surface area contributed by atoms with Gasteiger partial charge in [0.05, 0.1) is 0 Å². The monoisotopic (exact) mass is 421 g/mol. The summed E-state index contributed by atoms with van der Waals surface area (Å²) in [5.41, 5.74) is 6.64. The van der Waals surface area contributed by atoms with Gasteiger partial charge in [-0.3, -0.25) is 9.59 Å². The van der Waals surface area contributed by atoms with Crippen LogP contribution in [-0.2, 0) is 10.3 Å². The summed E-state index contributed by atoms with van der Waals surface area (Å²) >= 11 is 6.00. The number of carbonyl (C=O) groups excluding carboxylic acids is 2. The molecule has 1 heterocycles. The van der Waals surface area contributed by atoms with Crippen LogP contribution in [0.4, 0.5) is 0 Å². The van der Waals surface area contributed by atoms with Crippen LogP contribution in [0.2, 0.25) is 5.02 Å². The molecule has 0 radical (unpaired) electrons. The first-order valence-electron chi connectivity index (χ1n) is 9.08. The lowest BCUT2D eigenvalue weighted by atomic mass is 9.91. The number of hydrogen-bond donors (Lipinski definition) is 1. The molecule has 2 amide bonds. The summed E-state index contributed by atoms with van der Waals surface area (Å²) in [5, 5.41) is 0.536. The third-order valence-electron chi connectivity index (χ3n) is 4.96. The predicted octanol–water partition coefficient (Wildman–Crippen LogP) is 3.31. The Kier molecular flexibility index (Phi) is 7.47. The number of hydrogen-bond acceptors (Lipinski definition) is 3. The van der Waals surface area contributed by atoms with Gasteiger partial charge in [0.1, 0.15) is 5.54 Å². The number of nitrogens with zero attached hydrogens (tertiary/aromatic N) is 2. The van der Waals surface area contributed by atoms with Gasteiger partial charge in [0.15, 0.2) is 0 Å². The minimum atomic E-state index is -1.09. The third-order valence-corrected chi connectivity index (χ3v) is 5.19. The van der Waals surface area contributed by atoms with E-state index in [-0.39, 0.29) is 24.2 Å². The minimum absolute atomic E-state index is 0. The summed E-state index contributed by atoms with van der Waals surface area (Å²) in [6, 6.07) is 16.3. The SMILES string of the molecule is CC(N)(C(=O)N1CCCN(C(=O)c2cccc(Cl)c2)CC1)c1ccccc1.Cl. The van der Waals surface area contributed by atoms with E-state index in [9.17, 15) is 9.59 Å². The number of amides is 2. The second-order valence-electron chi connectivity index (χ2n) is 7.02. The van der Waals surface area contributed by atoms with Crippen molar-refractivity contribution in [3.05, 3.63) is 70.7 Å². The Bertz CT molecular complexity index is 827. The van der Waals surface area contributed by atoms with Crippen LogP contribution in [0.1, 0.15) is 29.3 Å². The second-order valence-corrected chi connectivity index (χ2v) is 7.45. The molecule has 2 N–H and O–H groups in total.